The van der Waals surface area contributed by atoms with Gasteiger partial charge in [-0.3, -0.25) is 0 Å². The van der Waals surface area contributed by atoms with E-state index in [1.165, 1.54) is 11.1 Å². The summed E-state index contributed by atoms with van der Waals surface area (Å²) >= 11 is 0. The first kappa shape index (κ1) is 15.1. The molecule has 0 saturated heterocycles. The summed E-state index contributed by atoms with van der Waals surface area (Å²) in [5.41, 5.74) is 10.8. The highest BCUT2D eigenvalue weighted by molar-refractivity contribution is 5.91. The van der Waals surface area contributed by atoms with Crippen molar-refractivity contribution in [3.05, 3.63) is 23.2 Å². The fourth-order valence-electron chi connectivity index (χ4n) is 3.34. The molecule has 3 rings (SSSR count). The van der Waals surface area contributed by atoms with E-state index in [0.717, 1.165) is 36.4 Å². The quantitative estimate of drug-likeness (QED) is 0.906. The van der Waals surface area contributed by atoms with Crippen LogP contribution in [-0.2, 0) is 13.0 Å². The standard InChI is InChI=1S/C18H26N4/c1-6-13-21-15-16(22(13)10-18(3,4)5)14-11(2)8-7-9-12(14)20-17(15)19/h7,9,11H,6,8,10H2,1-5H3,(H2,19,20). The molecular weight excluding hydrogens is 272 g/mol. The molecule has 1 aliphatic carbocycles. The molecule has 0 aliphatic heterocycles. The number of nitrogen functional groups attached to an aromatic ring is 1. The normalized spacial score (nSPS) is 18.0. The maximum atomic E-state index is 6.21. The van der Waals surface area contributed by atoms with Crippen LogP contribution in [0.1, 0.15) is 64.0 Å². The van der Waals surface area contributed by atoms with Crippen molar-refractivity contribution in [2.75, 3.05) is 5.73 Å². The Labute approximate surface area is 132 Å². The van der Waals surface area contributed by atoms with Crippen LogP contribution < -0.4 is 5.73 Å². The van der Waals surface area contributed by atoms with E-state index in [2.05, 4.69) is 56.3 Å². The Hall–Kier alpha value is -1.84. The highest BCUT2D eigenvalue weighted by Gasteiger charge is 2.26. The van der Waals surface area contributed by atoms with Crippen molar-refractivity contribution in [2.24, 2.45) is 5.41 Å². The summed E-state index contributed by atoms with van der Waals surface area (Å²) in [5.74, 6) is 2.11. The van der Waals surface area contributed by atoms with Crippen LogP contribution in [0.25, 0.3) is 17.1 Å². The summed E-state index contributed by atoms with van der Waals surface area (Å²) in [5, 5.41) is 0. The van der Waals surface area contributed by atoms with Gasteiger partial charge in [-0.15, -0.1) is 0 Å². The molecule has 2 aromatic rings. The van der Waals surface area contributed by atoms with Crippen molar-refractivity contribution in [1.29, 1.82) is 0 Å². The summed E-state index contributed by atoms with van der Waals surface area (Å²) < 4.78 is 2.38. The Morgan fingerprint density at radius 3 is 2.68 bits per heavy atom. The molecule has 0 bridgehead atoms. The topological polar surface area (TPSA) is 56.7 Å². The summed E-state index contributed by atoms with van der Waals surface area (Å²) in [4.78, 5) is 9.40. The largest absolute Gasteiger partial charge is 0.382 e. The Morgan fingerprint density at radius 2 is 2.05 bits per heavy atom. The van der Waals surface area contributed by atoms with Crippen LogP contribution in [0.4, 0.5) is 5.82 Å². The molecular formula is C18H26N4. The van der Waals surface area contributed by atoms with E-state index >= 15 is 0 Å². The first-order chi connectivity index (χ1) is 10.3. The molecule has 22 heavy (non-hydrogen) atoms. The minimum Gasteiger partial charge on any atom is -0.382 e. The lowest BCUT2D eigenvalue weighted by Crippen LogP contribution is -2.18. The van der Waals surface area contributed by atoms with E-state index in [4.69, 9.17) is 10.7 Å². The van der Waals surface area contributed by atoms with Gasteiger partial charge in [0, 0.05) is 18.5 Å². The van der Waals surface area contributed by atoms with Crippen LogP contribution in [-0.4, -0.2) is 14.5 Å². The van der Waals surface area contributed by atoms with Gasteiger partial charge in [-0.25, -0.2) is 9.97 Å². The van der Waals surface area contributed by atoms with E-state index < -0.39 is 0 Å². The van der Waals surface area contributed by atoms with Crippen molar-refractivity contribution in [3.63, 3.8) is 0 Å². The van der Waals surface area contributed by atoms with Crippen molar-refractivity contribution in [1.82, 2.24) is 14.5 Å². The molecule has 0 fully saturated rings. The van der Waals surface area contributed by atoms with Crippen molar-refractivity contribution in [2.45, 2.75) is 59.9 Å². The maximum Gasteiger partial charge on any atom is 0.152 e. The third kappa shape index (κ3) is 2.40. The molecule has 0 saturated carbocycles. The predicted octanol–water partition coefficient (Wildman–Crippen LogP) is 4.14. The lowest BCUT2D eigenvalue weighted by molar-refractivity contribution is 0.343. The molecule has 1 aliphatic rings. The molecule has 0 spiro atoms. The fourth-order valence-corrected chi connectivity index (χ4v) is 3.34. The highest BCUT2D eigenvalue weighted by atomic mass is 15.1. The molecule has 1 atom stereocenters. The number of aryl methyl sites for hydroxylation is 1. The Balaban J connectivity index is 2.37. The number of hydrogen-bond acceptors (Lipinski definition) is 3. The third-order valence-corrected chi connectivity index (χ3v) is 4.27. The van der Waals surface area contributed by atoms with E-state index in [1.807, 2.05) is 0 Å². The monoisotopic (exact) mass is 298 g/mol. The number of pyridine rings is 1. The number of allylic oxidation sites excluding steroid dienone is 1. The van der Waals surface area contributed by atoms with Gasteiger partial charge in [0.25, 0.3) is 0 Å². The van der Waals surface area contributed by atoms with Crippen LogP contribution in [0, 0.1) is 5.41 Å². The highest BCUT2D eigenvalue weighted by Crippen LogP contribution is 2.37. The summed E-state index contributed by atoms with van der Waals surface area (Å²) in [6.45, 7) is 12.1. The van der Waals surface area contributed by atoms with Crippen LogP contribution >= 0.6 is 0 Å². The molecule has 0 radical (unpaired) electrons. The molecule has 0 aromatic carbocycles. The van der Waals surface area contributed by atoms with Gasteiger partial charge in [0.15, 0.2) is 5.82 Å². The zero-order valence-corrected chi connectivity index (χ0v) is 14.3. The first-order valence-corrected chi connectivity index (χ1v) is 8.17. The number of fused-ring (bicyclic) bond motifs is 3. The number of aromatic nitrogens is 3. The number of nitrogens with two attached hydrogens (primary N) is 1. The first-order valence-electron chi connectivity index (χ1n) is 8.17. The second-order valence-corrected chi connectivity index (χ2v) is 7.56. The molecule has 2 aromatic heterocycles. The van der Waals surface area contributed by atoms with Gasteiger partial charge in [0.2, 0.25) is 0 Å². The lowest BCUT2D eigenvalue weighted by atomic mass is 9.90. The summed E-state index contributed by atoms with van der Waals surface area (Å²) in [6, 6.07) is 0. The van der Waals surface area contributed by atoms with Crippen molar-refractivity contribution in [3.8, 4) is 0 Å². The SMILES string of the molecule is CCc1nc2c(N)nc3c(c2n1CC(C)(C)C)C(C)CC=C3. The lowest BCUT2D eigenvalue weighted by Gasteiger charge is -2.24. The van der Waals surface area contributed by atoms with Gasteiger partial charge >= 0.3 is 0 Å². The summed E-state index contributed by atoms with van der Waals surface area (Å²) in [6.07, 6.45) is 6.25. The molecule has 4 heteroatoms. The maximum absolute atomic E-state index is 6.21. The number of rotatable bonds is 2. The van der Waals surface area contributed by atoms with E-state index in [0.29, 0.717) is 11.7 Å². The van der Waals surface area contributed by atoms with Crippen molar-refractivity contribution >= 4 is 22.9 Å². The molecule has 118 valence electrons. The number of hydrogen-bond donors (Lipinski definition) is 1. The Morgan fingerprint density at radius 1 is 1.32 bits per heavy atom. The number of nitrogens with zero attached hydrogens (tertiary/aromatic N) is 3. The van der Waals surface area contributed by atoms with Gasteiger partial charge in [0.05, 0.1) is 11.2 Å². The third-order valence-electron chi connectivity index (χ3n) is 4.27. The minimum absolute atomic E-state index is 0.191. The predicted molar refractivity (Wildman–Crippen MR) is 92.8 cm³/mol. The molecule has 1 unspecified atom stereocenters. The molecule has 2 heterocycles. The van der Waals surface area contributed by atoms with Crippen molar-refractivity contribution < 1.29 is 0 Å². The average molecular weight is 298 g/mol. The van der Waals surface area contributed by atoms with Crippen LogP contribution in [0.15, 0.2) is 6.08 Å². The average Bonchev–Trinajstić information content (AvgIpc) is 2.76. The minimum atomic E-state index is 0.191. The van der Waals surface area contributed by atoms with Crippen LogP contribution in [0.3, 0.4) is 0 Å². The second-order valence-electron chi connectivity index (χ2n) is 7.56. The van der Waals surface area contributed by atoms with Gasteiger partial charge in [-0.1, -0.05) is 40.7 Å². The smallest absolute Gasteiger partial charge is 0.152 e. The van der Waals surface area contributed by atoms with Crippen LogP contribution in [0.2, 0.25) is 0 Å². The molecule has 0 amide bonds. The summed E-state index contributed by atoms with van der Waals surface area (Å²) in [7, 11) is 0. The van der Waals surface area contributed by atoms with E-state index in [-0.39, 0.29) is 5.41 Å². The Kier molecular flexibility index (Phi) is 3.50. The van der Waals surface area contributed by atoms with Gasteiger partial charge in [0.1, 0.15) is 11.3 Å². The Bertz CT molecular complexity index is 747. The second kappa shape index (κ2) is 5.11. The molecule has 2 N–H and O–H groups in total. The van der Waals surface area contributed by atoms with E-state index in [9.17, 15) is 0 Å². The fraction of sp³-hybridized carbons (Fsp3) is 0.556. The van der Waals surface area contributed by atoms with Gasteiger partial charge in [-0.2, -0.15) is 0 Å². The number of anilines is 1. The van der Waals surface area contributed by atoms with E-state index in [1.54, 1.807) is 0 Å². The number of imidazole rings is 1. The van der Waals surface area contributed by atoms with Gasteiger partial charge in [-0.05, 0) is 23.8 Å². The van der Waals surface area contributed by atoms with Crippen LogP contribution in [0.5, 0.6) is 0 Å². The zero-order chi connectivity index (χ0) is 16.1. The zero-order valence-electron chi connectivity index (χ0n) is 14.3. The van der Waals surface area contributed by atoms with Gasteiger partial charge < -0.3 is 10.3 Å². The molecule has 4 nitrogen and oxygen atoms in total.